The van der Waals surface area contributed by atoms with E-state index in [4.69, 9.17) is 4.74 Å². The quantitative estimate of drug-likeness (QED) is 0.916. The number of halogens is 3. The molecular weight excluding hydrogens is 313 g/mol. The van der Waals surface area contributed by atoms with Gasteiger partial charge < -0.3 is 15.0 Å². The molecule has 23 heavy (non-hydrogen) atoms. The van der Waals surface area contributed by atoms with E-state index in [0.717, 1.165) is 6.07 Å². The van der Waals surface area contributed by atoms with Gasteiger partial charge in [0.1, 0.15) is 5.75 Å². The summed E-state index contributed by atoms with van der Waals surface area (Å²) < 4.78 is 43.8. The van der Waals surface area contributed by atoms with Crippen LogP contribution in [0.4, 0.5) is 13.2 Å². The van der Waals surface area contributed by atoms with Crippen molar-refractivity contribution in [3.05, 3.63) is 29.8 Å². The molecule has 2 rings (SSSR count). The van der Waals surface area contributed by atoms with Crippen LogP contribution in [0.1, 0.15) is 18.9 Å². The Labute approximate surface area is 131 Å². The Morgan fingerprint density at radius 1 is 1.39 bits per heavy atom. The third-order valence-electron chi connectivity index (χ3n) is 3.55. The number of hydrogen-bond donors (Lipinski definition) is 1. The fourth-order valence-corrected chi connectivity index (χ4v) is 2.33. The Morgan fingerprint density at radius 3 is 2.61 bits per heavy atom. The summed E-state index contributed by atoms with van der Waals surface area (Å²) in [6.07, 6.45) is -5.50. The van der Waals surface area contributed by atoms with Crippen molar-refractivity contribution >= 4 is 11.8 Å². The molecule has 1 aromatic carbocycles. The molecule has 1 aromatic rings. The fraction of sp³-hybridized carbons (Fsp3) is 0.467. The van der Waals surface area contributed by atoms with Gasteiger partial charge >= 0.3 is 6.18 Å². The fourth-order valence-electron chi connectivity index (χ4n) is 2.33. The molecular formula is C15H17F3N2O3. The number of carbonyl (C=O) groups excluding carboxylic acids is 2. The van der Waals surface area contributed by atoms with E-state index in [1.165, 1.54) is 30.0 Å². The second-order valence-electron chi connectivity index (χ2n) is 5.44. The van der Waals surface area contributed by atoms with Crippen molar-refractivity contribution in [3.8, 4) is 5.75 Å². The molecule has 126 valence electrons. The molecule has 0 bridgehead atoms. The summed E-state index contributed by atoms with van der Waals surface area (Å²) in [7, 11) is 1.62. The molecule has 0 radical (unpaired) electrons. The van der Waals surface area contributed by atoms with Crippen LogP contribution in [0.5, 0.6) is 5.75 Å². The summed E-state index contributed by atoms with van der Waals surface area (Å²) in [5.74, 6) is -1.05. The van der Waals surface area contributed by atoms with Crippen LogP contribution in [-0.4, -0.2) is 42.5 Å². The lowest BCUT2D eigenvalue weighted by atomic mass is 10.2. The number of nitrogens with zero attached hydrogens (tertiary/aromatic N) is 1. The molecule has 0 saturated carbocycles. The molecule has 2 amide bonds. The summed E-state index contributed by atoms with van der Waals surface area (Å²) in [5.41, 5.74) is -0.935. The Balaban J connectivity index is 2.01. The number of alkyl halides is 3. The number of carbonyl (C=O) groups is 2. The van der Waals surface area contributed by atoms with E-state index >= 15 is 0 Å². The van der Waals surface area contributed by atoms with Crippen LogP contribution in [-0.2, 0) is 15.8 Å². The van der Waals surface area contributed by atoms with Crippen molar-refractivity contribution in [2.24, 2.45) is 0 Å². The van der Waals surface area contributed by atoms with Gasteiger partial charge in [0.05, 0.1) is 11.6 Å². The van der Waals surface area contributed by atoms with E-state index in [9.17, 15) is 22.8 Å². The van der Waals surface area contributed by atoms with Gasteiger partial charge in [-0.2, -0.15) is 13.2 Å². The lowest BCUT2D eigenvalue weighted by molar-refractivity contribution is -0.140. The van der Waals surface area contributed by atoms with Crippen molar-refractivity contribution in [2.75, 3.05) is 13.6 Å². The van der Waals surface area contributed by atoms with E-state index in [0.29, 0.717) is 6.54 Å². The molecule has 2 unspecified atom stereocenters. The molecule has 0 spiro atoms. The van der Waals surface area contributed by atoms with Crippen molar-refractivity contribution < 1.29 is 27.5 Å². The van der Waals surface area contributed by atoms with Crippen LogP contribution >= 0.6 is 0 Å². The molecule has 5 nitrogen and oxygen atoms in total. The van der Waals surface area contributed by atoms with Gasteiger partial charge in [-0.3, -0.25) is 9.59 Å². The molecule has 8 heteroatoms. The number of hydrogen-bond acceptors (Lipinski definition) is 3. The number of benzene rings is 1. The number of likely N-dealkylation sites (N-methyl/N-ethyl adjacent to an activating group) is 1. The highest BCUT2D eigenvalue weighted by molar-refractivity contribution is 5.84. The van der Waals surface area contributed by atoms with Crippen molar-refractivity contribution in [3.63, 3.8) is 0 Å². The molecule has 1 fully saturated rings. The monoisotopic (exact) mass is 330 g/mol. The van der Waals surface area contributed by atoms with E-state index in [2.05, 4.69) is 5.32 Å². The number of para-hydroxylation sites is 1. The summed E-state index contributed by atoms with van der Waals surface area (Å²) in [6.45, 7) is 1.74. The SMILES string of the molecule is CC(Oc1ccccc1C(F)(F)F)C(=O)NC1CC(=O)N(C)C1. The molecule has 1 heterocycles. The molecule has 1 N–H and O–H groups in total. The van der Waals surface area contributed by atoms with Crippen molar-refractivity contribution in [2.45, 2.75) is 31.7 Å². The van der Waals surface area contributed by atoms with Crippen LogP contribution in [0.3, 0.4) is 0 Å². The van der Waals surface area contributed by atoms with Crippen LogP contribution in [0, 0.1) is 0 Å². The minimum absolute atomic E-state index is 0.0914. The van der Waals surface area contributed by atoms with E-state index < -0.39 is 29.5 Å². The van der Waals surface area contributed by atoms with Gasteiger partial charge in [0.2, 0.25) is 5.91 Å². The molecule has 1 saturated heterocycles. The Morgan fingerprint density at radius 2 is 2.04 bits per heavy atom. The Kier molecular flexibility index (Phi) is 4.82. The summed E-state index contributed by atoms with van der Waals surface area (Å²) in [6, 6.07) is 4.36. The smallest absolute Gasteiger partial charge is 0.419 e. The minimum Gasteiger partial charge on any atom is -0.480 e. The lowest BCUT2D eigenvalue weighted by Crippen LogP contribution is -2.43. The normalized spacial score (nSPS) is 19.6. The molecule has 0 aromatic heterocycles. The highest BCUT2D eigenvalue weighted by Gasteiger charge is 2.35. The van der Waals surface area contributed by atoms with Crippen molar-refractivity contribution in [1.29, 1.82) is 0 Å². The minimum atomic E-state index is -4.56. The van der Waals surface area contributed by atoms with Gasteiger partial charge in [-0.1, -0.05) is 12.1 Å². The van der Waals surface area contributed by atoms with Crippen molar-refractivity contribution in [1.82, 2.24) is 10.2 Å². The molecule has 2 atom stereocenters. The topological polar surface area (TPSA) is 58.6 Å². The number of nitrogens with one attached hydrogen (secondary N) is 1. The van der Waals surface area contributed by atoms with E-state index in [1.807, 2.05) is 0 Å². The number of amides is 2. The number of rotatable bonds is 4. The van der Waals surface area contributed by atoms with Crippen LogP contribution in [0.15, 0.2) is 24.3 Å². The highest BCUT2D eigenvalue weighted by atomic mass is 19.4. The predicted molar refractivity (Wildman–Crippen MR) is 75.7 cm³/mol. The average Bonchev–Trinajstić information content (AvgIpc) is 2.76. The first-order valence-electron chi connectivity index (χ1n) is 7.05. The highest BCUT2D eigenvalue weighted by Crippen LogP contribution is 2.36. The Hall–Kier alpha value is -2.25. The van der Waals surface area contributed by atoms with Crippen LogP contribution in [0.2, 0.25) is 0 Å². The molecule has 1 aliphatic heterocycles. The van der Waals surface area contributed by atoms with Gasteiger partial charge in [0.25, 0.3) is 5.91 Å². The van der Waals surface area contributed by atoms with Crippen LogP contribution < -0.4 is 10.1 Å². The average molecular weight is 330 g/mol. The molecule has 0 aliphatic carbocycles. The summed E-state index contributed by atoms with van der Waals surface area (Å²) >= 11 is 0. The predicted octanol–water partition coefficient (Wildman–Crippen LogP) is 1.82. The van der Waals surface area contributed by atoms with Crippen LogP contribution in [0.25, 0.3) is 0 Å². The summed E-state index contributed by atoms with van der Waals surface area (Å²) in [5, 5.41) is 2.61. The van der Waals surface area contributed by atoms with Gasteiger partial charge in [0.15, 0.2) is 6.10 Å². The molecule has 1 aliphatic rings. The first-order valence-corrected chi connectivity index (χ1v) is 7.05. The zero-order valence-corrected chi connectivity index (χ0v) is 12.7. The number of likely N-dealkylation sites (tertiary alicyclic amines) is 1. The van der Waals surface area contributed by atoms with E-state index in [1.54, 1.807) is 7.05 Å². The second-order valence-corrected chi connectivity index (χ2v) is 5.44. The Bertz CT molecular complexity index is 604. The first-order chi connectivity index (χ1) is 10.7. The second kappa shape index (κ2) is 6.47. The van der Waals surface area contributed by atoms with Gasteiger partial charge in [-0.05, 0) is 19.1 Å². The van der Waals surface area contributed by atoms with Gasteiger partial charge in [0, 0.05) is 20.0 Å². The lowest BCUT2D eigenvalue weighted by Gasteiger charge is -2.20. The maximum absolute atomic E-state index is 12.9. The maximum atomic E-state index is 12.9. The maximum Gasteiger partial charge on any atom is 0.419 e. The summed E-state index contributed by atoms with van der Waals surface area (Å²) in [4.78, 5) is 24.9. The van der Waals surface area contributed by atoms with Gasteiger partial charge in [-0.25, -0.2) is 0 Å². The van der Waals surface area contributed by atoms with Gasteiger partial charge in [-0.15, -0.1) is 0 Å². The zero-order chi connectivity index (χ0) is 17.2. The van der Waals surface area contributed by atoms with E-state index in [-0.39, 0.29) is 18.4 Å². The third-order valence-corrected chi connectivity index (χ3v) is 3.55. The number of ether oxygens (including phenoxy) is 1. The first kappa shape index (κ1) is 17.1. The standard InChI is InChI=1S/C15H17F3N2O3/c1-9(14(22)19-10-7-13(21)20(2)8-10)23-12-6-4-3-5-11(12)15(16,17)18/h3-6,9-10H,7-8H2,1-2H3,(H,19,22). The largest absolute Gasteiger partial charge is 0.480 e. The third kappa shape index (κ3) is 4.14. The zero-order valence-electron chi connectivity index (χ0n) is 12.7.